The number of likely N-dealkylation sites (tertiary alicyclic amines) is 1. The molecule has 0 aliphatic carbocycles. The number of nitrogens with zero attached hydrogens (tertiary/aromatic N) is 2. The number of β-amino-alcohol motifs (C(OH)–C–C–N with tert-alkyl or cyclic N) is 1. The third-order valence-electron chi connectivity index (χ3n) is 6.81. The summed E-state index contributed by atoms with van der Waals surface area (Å²) in [6.07, 6.45) is 4.14. The lowest BCUT2D eigenvalue weighted by Crippen LogP contribution is -2.56. The number of alkyl halides is 1. The van der Waals surface area contributed by atoms with E-state index in [4.69, 9.17) is 0 Å². The van der Waals surface area contributed by atoms with E-state index in [0.717, 1.165) is 41.1 Å². The lowest BCUT2D eigenvalue weighted by atomic mass is 9.85. The highest BCUT2D eigenvalue weighted by Gasteiger charge is 2.43. The van der Waals surface area contributed by atoms with Gasteiger partial charge in [-0.15, -0.1) is 11.3 Å². The number of aromatic nitrogens is 1. The van der Waals surface area contributed by atoms with Crippen molar-refractivity contribution in [3.63, 3.8) is 0 Å². The molecule has 1 fully saturated rings. The number of rotatable bonds is 12. The first kappa shape index (κ1) is 30.0. The maximum Gasteiger partial charge on any atom is 0.243 e. The Morgan fingerprint density at radius 3 is 2.51 bits per heavy atom. The van der Waals surface area contributed by atoms with Gasteiger partial charge in [-0.25, -0.2) is 4.98 Å². The molecule has 0 bridgehead atoms. The van der Waals surface area contributed by atoms with Gasteiger partial charge in [0, 0.05) is 19.5 Å². The molecule has 37 heavy (non-hydrogen) atoms. The summed E-state index contributed by atoms with van der Waals surface area (Å²) >= 11 is 4.01. The molecular weight excluding hydrogens is 599 g/mol. The van der Waals surface area contributed by atoms with Crippen molar-refractivity contribution in [3.05, 3.63) is 41.0 Å². The van der Waals surface area contributed by atoms with E-state index < -0.39 is 18.2 Å². The zero-order valence-electron chi connectivity index (χ0n) is 22.4. The Morgan fingerprint density at radius 2 is 1.89 bits per heavy atom. The molecule has 1 aromatic carbocycles. The lowest BCUT2D eigenvalue weighted by Gasteiger charge is -2.35. The molecule has 2 aromatic rings. The van der Waals surface area contributed by atoms with E-state index in [1.165, 1.54) is 17.3 Å². The van der Waals surface area contributed by atoms with Gasteiger partial charge in [0.05, 0.1) is 28.2 Å². The van der Waals surface area contributed by atoms with Crippen LogP contribution in [0.1, 0.15) is 64.1 Å². The summed E-state index contributed by atoms with van der Waals surface area (Å²) < 4.78 is 1.17. The minimum atomic E-state index is -0.699. The molecule has 3 atom stereocenters. The first-order valence-corrected chi connectivity index (χ1v) is 15.6. The van der Waals surface area contributed by atoms with Gasteiger partial charge in [-0.2, -0.15) is 0 Å². The third kappa shape index (κ3) is 8.46. The number of thiazole rings is 1. The summed E-state index contributed by atoms with van der Waals surface area (Å²) in [4.78, 5) is 33.8. The van der Waals surface area contributed by atoms with Crippen LogP contribution in [0, 0.1) is 12.3 Å². The Balaban J connectivity index is 1.59. The number of aliphatic hydroxyl groups excluding tert-OH is 1. The second-order valence-corrected chi connectivity index (χ2v) is 12.9. The number of aliphatic hydroxyl groups is 1. The predicted molar refractivity (Wildman–Crippen MR) is 159 cm³/mol. The number of carbonyl (C=O) groups is 2. The van der Waals surface area contributed by atoms with Gasteiger partial charge >= 0.3 is 0 Å². The van der Waals surface area contributed by atoms with Crippen LogP contribution in [0.5, 0.6) is 0 Å². The SMILES string of the molecule is Cc1ncsc1-c1ccc(CNC(=O)[C@@H]2C[C@@H](O)CN2C(=O)[C@@H](NCCCCCCI)C(C)(C)C)cc1. The molecule has 3 N–H and O–H groups in total. The average Bonchev–Trinajstić information content (AvgIpc) is 3.46. The summed E-state index contributed by atoms with van der Waals surface area (Å²) in [5.74, 6) is -0.334. The van der Waals surface area contributed by atoms with E-state index in [1.54, 1.807) is 16.2 Å². The van der Waals surface area contributed by atoms with E-state index >= 15 is 0 Å². The smallest absolute Gasteiger partial charge is 0.243 e. The average molecular weight is 641 g/mol. The first-order valence-electron chi connectivity index (χ1n) is 13.2. The molecule has 9 heteroatoms. The van der Waals surface area contributed by atoms with Crippen molar-refractivity contribution in [2.75, 3.05) is 17.5 Å². The second-order valence-electron chi connectivity index (χ2n) is 10.9. The highest BCUT2D eigenvalue weighted by Crippen LogP contribution is 2.28. The standard InChI is InChI=1S/C28H41IN4O3S/c1-19-24(37-18-32-19)21-11-9-20(10-12-21)16-31-26(35)23-15-22(34)17-33(23)27(36)25(28(2,3)4)30-14-8-6-5-7-13-29/h9-12,18,22-23,25,30,34H,5-8,13-17H2,1-4H3,(H,31,35)/t22-,23+,25-/m1/s1. The van der Waals surface area contributed by atoms with Gasteiger partial charge in [0.25, 0.3) is 0 Å². The van der Waals surface area contributed by atoms with Crippen molar-refractivity contribution in [3.8, 4) is 10.4 Å². The van der Waals surface area contributed by atoms with Crippen molar-refractivity contribution >= 4 is 45.7 Å². The maximum absolute atomic E-state index is 13.6. The molecule has 1 aliphatic heterocycles. The van der Waals surface area contributed by atoms with Gasteiger partial charge in [0.2, 0.25) is 11.8 Å². The molecule has 1 saturated heterocycles. The number of benzene rings is 1. The number of halogens is 1. The number of hydrogen-bond acceptors (Lipinski definition) is 6. The summed E-state index contributed by atoms with van der Waals surface area (Å²) in [5.41, 5.74) is 4.62. The topological polar surface area (TPSA) is 94.6 Å². The zero-order valence-corrected chi connectivity index (χ0v) is 25.4. The fourth-order valence-corrected chi connectivity index (χ4v) is 6.07. The number of nitrogens with one attached hydrogen (secondary N) is 2. The molecule has 1 aliphatic rings. The number of carbonyl (C=O) groups excluding carboxylic acids is 2. The highest BCUT2D eigenvalue weighted by molar-refractivity contribution is 14.1. The van der Waals surface area contributed by atoms with E-state index in [1.807, 2.05) is 57.5 Å². The van der Waals surface area contributed by atoms with Crippen LogP contribution in [-0.4, -0.2) is 62.5 Å². The Kier molecular flexibility index (Phi) is 11.4. The summed E-state index contributed by atoms with van der Waals surface area (Å²) in [6.45, 7) is 9.43. The van der Waals surface area contributed by atoms with Crippen LogP contribution in [-0.2, 0) is 16.1 Å². The normalized spacial score (nSPS) is 18.7. The molecular formula is C28H41IN4O3S. The van der Waals surface area contributed by atoms with Crippen molar-refractivity contribution in [1.29, 1.82) is 0 Å². The molecule has 2 heterocycles. The van der Waals surface area contributed by atoms with E-state index in [9.17, 15) is 14.7 Å². The van der Waals surface area contributed by atoms with Gasteiger partial charge in [-0.1, -0.05) is 80.5 Å². The molecule has 7 nitrogen and oxygen atoms in total. The minimum Gasteiger partial charge on any atom is -0.391 e. The minimum absolute atomic E-state index is 0.110. The van der Waals surface area contributed by atoms with Crippen molar-refractivity contribution in [2.45, 2.75) is 84.5 Å². The van der Waals surface area contributed by atoms with Crippen LogP contribution >= 0.6 is 33.9 Å². The van der Waals surface area contributed by atoms with Crippen LogP contribution < -0.4 is 10.6 Å². The lowest BCUT2D eigenvalue weighted by molar-refractivity contribution is -0.142. The molecule has 1 aromatic heterocycles. The maximum atomic E-state index is 13.6. The second kappa shape index (κ2) is 14.0. The fourth-order valence-electron chi connectivity index (χ4n) is 4.72. The Morgan fingerprint density at radius 1 is 1.19 bits per heavy atom. The van der Waals surface area contributed by atoms with Crippen LogP contribution in [0.4, 0.5) is 0 Å². The van der Waals surface area contributed by atoms with Gasteiger partial charge in [-0.3, -0.25) is 9.59 Å². The summed E-state index contributed by atoms with van der Waals surface area (Å²) in [5, 5.41) is 16.8. The number of aryl methyl sites for hydroxylation is 1. The van der Waals surface area contributed by atoms with Crippen molar-refractivity contribution in [2.24, 2.45) is 5.41 Å². The zero-order chi connectivity index (χ0) is 27.0. The fraction of sp³-hybridized carbons (Fsp3) is 0.607. The van der Waals surface area contributed by atoms with E-state index in [0.29, 0.717) is 6.54 Å². The summed E-state index contributed by atoms with van der Waals surface area (Å²) in [7, 11) is 0. The molecule has 0 radical (unpaired) electrons. The molecule has 3 rings (SSSR count). The van der Waals surface area contributed by atoms with Crippen molar-refractivity contribution < 1.29 is 14.7 Å². The number of hydrogen-bond donors (Lipinski definition) is 3. The van der Waals surface area contributed by atoms with Crippen LogP contribution in [0.3, 0.4) is 0 Å². The Bertz CT molecular complexity index is 1020. The third-order valence-corrected chi connectivity index (χ3v) is 8.56. The van der Waals surface area contributed by atoms with Gasteiger partial charge in [0.1, 0.15) is 6.04 Å². The van der Waals surface area contributed by atoms with Crippen LogP contribution in [0.15, 0.2) is 29.8 Å². The molecule has 0 unspecified atom stereocenters. The molecule has 2 amide bonds. The van der Waals surface area contributed by atoms with Crippen LogP contribution in [0.25, 0.3) is 10.4 Å². The molecule has 204 valence electrons. The van der Waals surface area contributed by atoms with Crippen LogP contribution in [0.2, 0.25) is 0 Å². The van der Waals surface area contributed by atoms with E-state index in [-0.39, 0.29) is 30.2 Å². The molecule has 0 saturated carbocycles. The Hall–Kier alpha value is -1.56. The predicted octanol–water partition coefficient (Wildman–Crippen LogP) is 4.70. The molecule has 0 spiro atoms. The number of unbranched alkanes of at least 4 members (excludes halogenated alkanes) is 3. The number of amides is 2. The monoisotopic (exact) mass is 640 g/mol. The first-order chi connectivity index (χ1) is 17.6. The summed E-state index contributed by atoms with van der Waals surface area (Å²) in [6, 6.07) is 7.00. The highest BCUT2D eigenvalue weighted by atomic mass is 127. The van der Waals surface area contributed by atoms with Gasteiger partial charge < -0.3 is 20.6 Å². The van der Waals surface area contributed by atoms with E-state index in [2.05, 4.69) is 38.2 Å². The van der Waals surface area contributed by atoms with Gasteiger partial charge in [-0.05, 0) is 47.3 Å². The quantitative estimate of drug-likeness (QED) is 0.178. The Labute approximate surface area is 239 Å². The largest absolute Gasteiger partial charge is 0.391 e. The van der Waals surface area contributed by atoms with Crippen molar-refractivity contribution in [1.82, 2.24) is 20.5 Å². The van der Waals surface area contributed by atoms with Gasteiger partial charge in [0.15, 0.2) is 0 Å².